The molecule has 1 unspecified atom stereocenters. The number of ketones is 1. The standard InChI is InChI=1S/C28H36O5/c1-16(29)33-24-22(31)23-25(2,3)21(30)10-13-27(23,5)20-9-12-26(4)18(17-11-14-32-15-17)7-8-19(26)28(20,24)6/h8,10-11,13-15,18,20,22-24,31H,7,9,12H2,1-6H3/t18-,20+,22+,23-,24+,26-,27+,28?/m0/s1. The van der Waals surface area contributed by atoms with Gasteiger partial charge in [-0.25, -0.2) is 0 Å². The number of fused-ring (bicyclic) bond motifs is 5. The molecule has 0 amide bonds. The molecule has 8 atom stereocenters. The van der Waals surface area contributed by atoms with Crippen LogP contribution in [-0.4, -0.2) is 29.1 Å². The third-order valence-corrected chi connectivity index (χ3v) is 10.1. The van der Waals surface area contributed by atoms with Crippen LogP contribution in [0.1, 0.15) is 72.3 Å². The van der Waals surface area contributed by atoms with Crippen molar-refractivity contribution in [3.05, 3.63) is 48.0 Å². The Morgan fingerprint density at radius 2 is 1.94 bits per heavy atom. The average molecular weight is 453 g/mol. The highest BCUT2D eigenvalue weighted by Crippen LogP contribution is 2.72. The van der Waals surface area contributed by atoms with Gasteiger partial charge in [0.25, 0.3) is 0 Å². The second kappa shape index (κ2) is 6.94. The van der Waals surface area contributed by atoms with E-state index in [9.17, 15) is 14.7 Å². The Morgan fingerprint density at radius 3 is 2.58 bits per heavy atom. The molecule has 4 aliphatic rings. The summed E-state index contributed by atoms with van der Waals surface area (Å²) in [6.45, 7) is 12.0. The molecule has 5 heteroatoms. The fourth-order valence-electron chi connectivity index (χ4n) is 8.81. The van der Waals surface area contributed by atoms with Gasteiger partial charge in [-0.3, -0.25) is 9.59 Å². The van der Waals surface area contributed by atoms with E-state index in [0.29, 0.717) is 5.92 Å². The van der Waals surface area contributed by atoms with Gasteiger partial charge in [0.05, 0.1) is 18.6 Å². The second-order valence-corrected chi connectivity index (χ2v) is 12.0. The maximum atomic E-state index is 12.9. The van der Waals surface area contributed by atoms with Crippen LogP contribution in [0.15, 0.2) is 46.8 Å². The van der Waals surface area contributed by atoms with Crippen LogP contribution < -0.4 is 0 Å². The predicted octanol–water partition coefficient (Wildman–Crippen LogP) is 5.21. The van der Waals surface area contributed by atoms with Crippen molar-refractivity contribution in [3.8, 4) is 0 Å². The summed E-state index contributed by atoms with van der Waals surface area (Å²) in [5, 5.41) is 11.9. The summed E-state index contributed by atoms with van der Waals surface area (Å²) in [5.41, 5.74) is 0.693. The Kier molecular flexibility index (Phi) is 4.76. The number of aliphatic hydroxyl groups is 1. The zero-order chi connectivity index (χ0) is 24.0. The molecule has 1 aromatic rings. The minimum absolute atomic E-state index is 0.0231. The first kappa shape index (κ1) is 22.6. The quantitative estimate of drug-likeness (QED) is 0.492. The first-order valence-corrected chi connectivity index (χ1v) is 12.2. The van der Waals surface area contributed by atoms with Crippen LogP contribution in [0.3, 0.4) is 0 Å². The fourth-order valence-corrected chi connectivity index (χ4v) is 8.81. The van der Waals surface area contributed by atoms with Gasteiger partial charge in [0.15, 0.2) is 5.78 Å². The topological polar surface area (TPSA) is 76.7 Å². The molecule has 1 aromatic heterocycles. The van der Waals surface area contributed by atoms with Gasteiger partial charge in [-0.1, -0.05) is 52.3 Å². The number of allylic oxidation sites excluding steroid dienone is 3. The number of hydrogen-bond acceptors (Lipinski definition) is 5. The number of esters is 1. The highest BCUT2D eigenvalue weighted by atomic mass is 16.6. The average Bonchev–Trinajstić information content (AvgIpc) is 3.36. The molecule has 0 saturated heterocycles. The molecule has 2 saturated carbocycles. The predicted molar refractivity (Wildman–Crippen MR) is 124 cm³/mol. The molecule has 1 heterocycles. The first-order chi connectivity index (χ1) is 15.4. The minimum atomic E-state index is -0.944. The molecule has 4 aliphatic carbocycles. The Balaban J connectivity index is 1.68. The van der Waals surface area contributed by atoms with Gasteiger partial charge in [0.2, 0.25) is 0 Å². The Morgan fingerprint density at radius 1 is 1.21 bits per heavy atom. The van der Waals surface area contributed by atoms with Gasteiger partial charge >= 0.3 is 5.97 Å². The van der Waals surface area contributed by atoms with Crippen molar-refractivity contribution < 1.29 is 23.8 Å². The van der Waals surface area contributed by atoms with Gasteiger partial charge in [0.1, 0.15) is 6.10 Å². The van der Waals surface area contributed by atoms with Crippen LogP contribution in [0.25, 0.3) is 0 Å². The van der Waals surface area contributed by atoms with Crippen molar-refractivity contribution >= 4 is 11.8 Å². The lowest BCUT2D eigenvalue weighted by Crippen LogP contribution is -2.70. The van der Waals surface area contributed by atoms with Gasteiger partial charge in [0, 0.05) is 23.7 Å². The lowest BCUT2D eigenvalue weighted by molar-refractivity contribution is -0.228. The molecule has 2 fully saturated rings. The molecule has 5 nitrogen and oxygen atoms in total. The van der Waals surface area contributed by atoms with Crippen LogP contribution >= 0.6 is 0 Å². The SMILES string of the molecule is CC(=O)O[C@@H]1[C@H](O)[C@H]2C(C)(C)C(=O)C=C[C@]2(C)[C@H]2CC[C@]3(C)C(=CC[C@H]3c3ccoc3)C12C. The van der Waals surface area contributed by atoms with E-state index in [1.54, 1.807) is 12.3 Å². The number of aliphatic hydroxyl groups excluding tert-OH is 1. The number of carbonyl (C=O) groups is 2. The summed E-state index contributed by atoms with van der Waals surface area (Å²) < 4.78 is 11.4. The maximum Gasteiger partial charge on any atom is 0.303 e. The summed E-state index contributed by atoms with van der Waals surface area (Å²) in [6.07, 6.45) is 10.9. The summed E-state index contributed by atoms with van der Waals surface area (Å²) >= 11 is 0. The van der Waals surface area contributed by atoms with Crippen molar-refractivity contribution in [2.45, 2.75) is 78.9 Å². The highest BCUT2D eigenvalue weighted by Gasteiger charge is 2.71. The van der Waals surface area contributed by atoms with Crippen LogP contribution in [0.4, 0.5) is 0 Å². The fraction of sp³-hybridized carbons (Fsp3) is 0.643. The van der Waals surface area contributed by atoms with Crippen molar-refractivity contribution in [1.29, 1.82) is 0 Å². The van der Waals surface area contributed by atoms with E-state index in [0.717, 1.165) is 19.3 Å². The molecule has 0 aliphatic heterocycles. The second-order valence-electron chi connectivity index (χ2n) is 12.0. The smallest absolute Gasteiger partial charge is 0.303 e. The molecule has 1 N–H and O–H groups in total. The van der Waals surface area contributed by atoms with Crippen molar-refractivity contribution in [2.75, 3.05) is 0 Å². The Labute approximate surface area is 196 Å². The molecule has 0 radical (unpaired) electrons. The minimum Gasteiger partial charge on any atom is -0.472 e. The van der Waals surface area contributed by atoms with Crippen LogP contribution in [-0.2, 0) is 14.3 Å². The highest BCUT2D eigenvalue weighted by molar-refractivity contribution is 5.96. The first-order valence-electron chi connectivity index (χ1n) is 12.2. The largest absolute Gasteiger partial charge is 0.472 e. The number of hydrogen-bond donors (Lipinski definition) is 1. The van der Waals surface area contributed by atoms with Gasteiger partial charge in [-0.05, 0) is 59.6 Å². The van der Waals surface area contributed by atoms with Crippen molar-refractivity contribution in [3.63, 3.8) is 0 Å². The summed E-state index contributed by atoms with van der Waals surface area (Å²) in [6, 6.07) is 2.05. The number of furan rings is 1. The number of ether oxygens (including phenoxy) is 1. The Bertz CT molecular complexity index is 1050. The van der Waals surface area contributed by atoms with E-state index in [-0.39, 0.29) is 23.0 Å². The molecular weight excluding hydrogens is 416 g/mol. The van der Waals surface area contributed by atoms with Crippen LogP contribution in [0, 0.1) is 33.5 Å². The summed E-state index contributed by atoms with van der Waals surface area (Å²) in [5.74, 6) is -0.273. The lowest BCUT2D eigenvalue weighted by atomic mass is 9.38. The van der Waals surface area contributed by atoms with E-state index in [4.69, 9.17) is 9.15 Å². The van der Waals surface area contributed by atoms with Crippen LogP contribution in [0.2, 0.25) is 0 Å². The number of carbonyl (C=O) groups excluding carboxylic acids is 2. The van der Waals surface area contributed by atoms with E-state index in [2.05, 4.69) is 32.9 Å². The van der Waals surface area contributed by atoms with Crippen LogP contribution in [0.5, 0.6) is 0 Å². The van der Waals surface area contributed by atoms with E-state index >= 15 is 0 Å². The maximum absolute atomic E-state index is 12.9. The van der Waals surface area contributed by atoms with Gasteiger partial charge in [-0.2, -0.15) is 0 Å². The molecule has 33 heavy (non-hydrogen) atoms. The summed E-state index contributed by atoms with van der Waals surface area (Å²) in [7, 11) is 0. The Hall–Kier alpha value is -2.14. The normalized spacial score (nSPS) is 45.6. The lowest BCUT2D eigenvalue weighted by Gasteiger charge is -2.67. The molecule has 0 aromatic carbocycles. The third kappa shape index (κ3) is 2.75. The molecule has 0 spiro atoms. The van der Waals surface area contributed by atoms with Gasteiger partial charge in [-0.15, -0.1) is 0 Å². The third-order valence-electron chi connectivity index (χ3n) is 10.1. The molecular formula is C28H36O5. The monoisotopic (exact) mass is 452 g/mol. The molecule has 0 bridgehead atoms. The van der Waals surface area contributed by atoms with Gasteiger partial charge < -0.3 is 14.3 Å². The van der Waals surface area contributed by atoms with E-state index < -0.39 is 34.4 Å². The van der Waals surface area contributed by atoms with Crippen molar-refractivity contribution in [1.82, 2.24) is 0 Å². The van der Waals surface area contributed by atoms with E-state index in [1.807, 2.05) is 26.2 Å². The van der Waals surface area contributed by atoms with Crippen molar-refractivity contribution in [2.24, 2.45) is 33.5 Å². The summed E-state index contributed by atoms with van der Waals surface area (Å²) in [4.78, 5) is 25.2. The number of rotatable bonds is 2. The zero-order valence-electron chi connectivity index (χ0n) is 20.6. The molecule has 5 rings (SSSR count). The molecule has 178 valence electrons. The van der Waals surface area contributed by atoms with E-state index in [1.165, 1.54) is 18.1 Å². The zero-order valence-corrected chi connectivity index (χ0v) is 20.6.